The second-order valence-corrected chi connectivity index (χ2v) is 5.35. The van der Waals surface area contributed by atoms with Crippen molar-refractivity contribution in [3.8, 4) is 0 Å². The van der Waals surface area contributed by atoms with Gasteiger partial charge in [0.25, 0.3) is 0 Å². The maximum Gasteiger partial charge on any atom is 0.306 e. The Hall–Kier alpha value is -1.42. The van der Waals surface area contributed by atoms with Crippen LogP contribution in [0.15, 0.2) is 18.2 Å². The van der Waals surface area contributed by atoms with E-state index in [0.29, 0.717) is 18.4 Å². The summed E-state index contributed by atoms with van der Waals surface area (Å²) in [5.74, 6) is -1.46. The fraction of sp³-hybridized carbons (Fsp3) is 0.533. The zero-order chi connectivity index (χ0) is 14.6. The van der Waals surface area contributed by atoms with Crippen LogP contribution in [0.25, 0.3) is 0 Å². The highest BCUT2D eigenvalue weighted by atomic mass is 19.1. The van der Waals surface area contributed by atoms with E-state index in [4.69, 9.17) is 5.11 Å². The zero-order valence-electron chi connectivity index (χ0n) is 11.6. The average Bonchev–Trinajstić information content (AvgIpc) is 2.30. The number of halogens is 1. The molecule has 0 saturated heterocycles. The van der Waals surface area contributed by atoms with E-state index in [0.717, 1.165) is 5.56 Å². The molecule has 0 aliphatic heterocycles. The monoisotopic (exact) mass is 268 g/mol. The van der Waals surface area contributed by atoms with E-state index in [9.17, 15) is 14.3 Å². The van der Waals surface area contributed by atoms with Crippen LogP contribution in [-0.2, 0) is 11.2 Å². The molecule has 19 heavy (non-hydrogen) atoms. The lowest BCUT2D eigenvalue weighted by Crippen LogP contribution is -2.38. The van der Waals surface area contributed by atoms with Crippen LogP contribution in [0.2, 0.25) is 0 Å². The summed E-state index contributed by atoms with van der Waals surface area (Å²) in [5.41, 5.74) is 0.110. The number of rotatable bonds is 6. The molecule has 0 bridgehead atoms. The van der Waals surface area contributed by atoms with Crippen molar-refractivity contribution in [3.05, 3.63) is 35.1 Å². The number of hydrogen-bond donors (Lipinski definition) is 2. The minimum atomic E-state index is -1.26. The summed E-state index contributed by atoms with van der Waals surface area (Å²) in [4.78, 5) is 10.8. The Kier molecular flexibility index (Phi) is 5.06. The highest BCUT2D eigenvalue weighted by Gasteiger charge is 2.33. The summed E-state index contributed by atoms with van der Waals surface area (Å²) in [5, 5.41) is 19.3. The molecule has 1 rings (SSSR count). The number of carboxylic acid groups (broad SMARTS) is 1. The third-order valence-corrected chi connectivity index (χ3v) is 3.74. The molecule has 1 aromatic rings. The van der Waals surface area contributed by atoms with E-state index >= 15 is 0 Å². The van der Waals surface area contributed by atoms with Crippen molar-refractivity contribution in [3.63, 3.8) is 0 Å². The van der Waals surface area contributed by atoms with Crippen LogP contribution < -0.4 is 0 Å². The van der Waals surface area contributed by atoms with Crippen LogP contribution in [0, 0.1) is 18.7 Å². The van der Waals surface area contributed by atoms with Crippen molar-refractivity contribution < 1.29 is 19.4 Å². The molecular weight excluding hydrogens is 247 g/mol. The van der Waals surface area contributed by atoms with Crippen LogP contribution in [0.3, 0.4) is 0 Å². The highest BCUT2D eigenvalue weighted by Crippen LogP contribution is 2.28. The third-order valence-electron chi connectivity index (χ3n) is 3.74. The van der Waals surface area contributed by atoms with E-state index in [1.54, 1.807) is 32.9 Å². The number of benzene rings is 1. The van der Waals surface area contributed by atoms with Crippen molar-refractivity contribution in [2.45, 2.75) is 45.6 Å². The van der Waals surface area contributed by atoms with Crippen LogP contribution in [0.4, 0.5) is 4.39 Å². The van der Waals surface area contributed by atoms with Crippen molar-refractivity contribution in [2.75, 3.05) is 0 Å². The minimum absolute atomic E-state index is 0.169. The van der Waals surface area contributed by atoms with Gasteiger partial charge in [-0.15, -0.1) is 0 Å². The molecule has 0 unspecified atom stereocenters. The molecule has 0 amide bonds. The van der Waals surface area contributed by atoms with Crippen molar-refractivity contribution >= 4 is 5.97 Å². The maximum atomic E-state index is 13.4. The van der Waals surface area contributed by atoms with E-state index in [1.807, 2.05) is 0 Å². The molecule has 2 N–H and O–H groups in total. The fourth-order valence-corrected chi connectivity index (χ4v) is 2.12. The second-order valence-electron chi connectivity index (χ2n) is 5.35. The number of hydrogen-bond acceptors (Lipinski definition) is 2. The second kappa shape index (κ2) is 6.15. The molecule has 1 atom stereocenters. The molecular formula is C15H21FO3. The molecule has 4 heteroatoms. The van der Waals surface area contributed by atoms with Crippen LogP contribution in [0.5, 0.6) is 0 Å². The van der Waals surface area contributed by atoms with E-state index in [-0.39, 0.29) is 18.2 Å². The van der Waals surface area contributed by atoms with E-state index in [1.165, 1.54) is 6.07 Å². The van der Waals surface area contributed by atoms with E-state index < -0.39 is 11.6 Å². The number of aliphatic carboxylic acids is 1. The van der Waals surface area contributed by atoms with Crippen molar-refractivity contribution in [1.29, 1.82) is 0 Å². The number of aliphatic hydroxyl groups is 1. The third kappa shape index (κ3) is 4.03. The van der Waals surface area contributed by atoms with Gasteiger partial charge in [-0.2, -0.15) is 0 Å². The largest absolute Gasteiger partial charge is 0.481 e. The molecule has 0 heterocycles. The van der Waals surface area contributed by atoms with Gasteiger partial charge in [0, 0.05) is 0 Å². The lowest BCUT2D eigenvalue weighted by Gasteiger charge is -2.31. The molecule has 0 aromatic heterocycles. The SMILES string of the molecule is Cc1c(F)cccc1CC[C@](O)(CC(=O)O)C(C)C. The molecule has 0 fully saturated rings. The number of aryl methyl sites for hydroxylation is 1. The Morgan fingerprint density at radius 1 is 1.42 bits per heavy atom. The standard InChI is InChI=1S/C15H21FO3/c1-10(2)15(19,9-14(17)18)8-7-12-5-4-6-13(16)11(12)3/h4-6,10,19H,7-9H2,1-3H3,(H,17,18)/t15-/m0/s1. The number of carbonyl (C=O) groups is 1. The first kappa shape index (κ1) is 15.6. The first-order valence-electron chi connectivity index (χ1n) is 6.44. The lowest BCUT2D eigenvalue weighted by molar-refractivity contribution is -0.145. The summed E-state index contributed by atoms with van der Waals surface area (Å²) in [7, 11) is 0. The number of carboxylic acids is 1. The summed E-state index contributed by atoms with van der Waals surface area (Å²) in [6.45, 7) is 5.28. The Labute approximate surface area is 113 Å². The van der Waals surface area contributed by atoms with Gasteiger partial charge >= 0.3 is 5.97 Å². The normalized spacial score (nSPS) is 14.4. The van der Waals surface area contributed by atoms with Crippen molar-refractivity contribution in [1.82, 2.24) is 0 Å². The predicted molar refractivity (Wildman–Crippen MR) is 71.5 cm³/mol. The van der Waals surface area contributed by atoms with Crippen LogP contribution in [0.1, 0.15) is 37.8 Å². The van der Waals surface area contributed by atoms with Gasteiger partial charge in [0.15, 0.2) is 0 Å². The topological polar surface area (TPSA) is 57.5 Å². The zero-order valence-corrected chi connectivity index (χ0v) is 11.6. The van der Waals surface area contributed by atoms with Gasteiger partial charge in [-0.1, -0.05) is 26.0 Å². The first-order chi connectivity index (χ1) is 8.76. The molecule has 3 nitrogen and oxygen atoms in total. The Morgan fingerprint density at radius 2 is 2.05 bits per heavy atom. The predicted octanol–water partition coefficient (Wildman–Crippen LogP) is 2.93. The molecule has 0 aliphatic carbocycles. The summed E-state index contributed by atoms with van der Waals surface area (Å²) in [6, 6.07) is 4.83. The summed E-state index contributed by atoms with van der Waals surface area (Å²) >= 11 is 0. The van der Waals surface area contributed by atoms with Gasteiger partial charge in [0.05, 0.1) is 12.0 Å². The van der Waals surface area contributed by atoms with Crippen LogP contribution >= 0.6 is 0 Å². The highest BCUT2D eigenvalue weighted by molar-refractivity contribution is 5.68. The smallest absolute Gasteiger partial charge is 0.306 e. The minimum Gasteiger partial charge on any atom is -0.481 e. The van der Waals surface area contributed by atoms with Gasteiger partial charge in [-0.05, 0) is 42.9 Å². The van der Waals surface area contributed by atoms with Gasteiger partial charge < -0.3 is 10.2 Å². The summed E-state index contributed by atoms with van der Waals surface area (Å²) in [6.07, 6.45) is 0.478. The van der Waals surface area contributed by atoms with Gasteiger partial charge in [-0.3, -0.25) is 4.79 Å². The lowest BCUT2D eigenvalue weighted by atomic mass is 9.81. The van der Waals surface area contributed by atoms with E-state index in [2.05, 4.69) is 0 Å². The molecule has 0 radical (unpaired) electrons. The van der Waals surface area contributed by atoms with Crippen LogP contribution in [-0.4, -0.2) is 21.8 Å². The maximum absolute atomic E-state index is 13.4. The van der Waals surface area contributed by atoms with Gasteiger partial charge in [0.2, 0.25) is 0 Å². The molecule has 0 spiro atoms. The van der Waals surface area contributed by atoms with Crippen molar-refractivity contribution in [2.24, 2.45) is 5.92 Å². The summed E-state index contributed by atoms with van der Waals surface area (Å²) < 4.78 is 13.4. The Morgan fingerprint density at radius 3 is 2.58 bits per heavy atom. The average molecular weight is 268 g/mol. The fourth-order valence-electron chi connectivity index (χ4n) is 2.12. The van der Waals surface area contributed by atoms with Gasteiger partial charge in [0.1, 0.15) is 5.82 Å². The molecule has 106 valence electrons. The Balaban J connectivity index is 2.82. The molecule has 0 saturated carbocycles. The molecule has 0 aliphatic rings. The first-order valence-corrected chi connectivity index (χ1v) is 6.44. The quantitative estimate of drug-likeness (QED) is 0.834. The Bertz CT molecular complexity index is 457. The van der Waals surface area contributed by atoms with Gasteiger partial charge in [-0.25, -0.2) is 4.39 Å². The molecule has 1 aromatic carbocycles.